The number of hydrogen-bond donors (Lipinski definition) is 0. The smallest absolute Gasteiger partial charge is 0.303 e. The van der Waals surface area contributed by atoms with Crippen molar-refractivity contribution in [3.63, 3.8) is 0 Å². The van der Waals surface area contributed by atoms with E-state index in [1.54, 1.807) is 0 Å². The molecule has 0 amide bonds. The van der Waals surface area contributed by atoms with Crippen LogP contribution in [0.3, 0.4) is 0 Å². The van der Waals surface area contributed by atoms with E-state index < -0.39 is 0 Å². The lowest BCUT2D eigenvalue weighted by Crippen LogP contribution is -2.61. The molecule has 1 aromatic rings. The number of aromatic nitrogens is 1. The SMILES string of the molecule is CC(=O)OC1(C)CN(Cc2ccc(Br)nc2)C1. The van der Waals surface area contributed by atoms with Crippen LogP contribution in [0.15, 0.2) is 22.9 Å². The Balaban J connectivity index is 1.84. The zero-order chi connectivity index (χ0) is 12.5. The van der Waals surface area contributed by atoms with Crippen LogP contribution in [0.5, 0.6) is 0 Å². The van der Waals surface area contributed by atoms with Crippen LogP contribution in [0, 0.1) is 0 Å². The van der Waals surface area contributed by atoms with Crippen LogP contribution < -0.4 is 0 Å². The van der Waals surface area contributed by atoms with Crippen molar-refractivity contribution in [2.75, 3.05) is 13.1 Å². The predicted molar refractivity (Wildman–Crippen MR) is 67.4 cm³/mol. The van der Waals surface area contributed by atoms with Gasteiger partial charge in [-0.05, 0) is 34.5 Å². The zero-order valence-electron chi connectivity index (χ0n) is 9.94. The number of esters is 1. The highest BCUT2D eigenvalue weighted by Crippen LogP contribution is 2.26. The van der Waals surface area contributed by atoms with Crippen molar-refractivity contribution in [2.24, 2.45) is 0 Å². The summed E-state index contributed by atoms with van der Waals surface area (Å²) in [5.74, 6) is -0.211. The molecule has 0 aliphatic carbocycles. The third-order valence-electron chi connectivity index (χ3n) is 2.70. The number of carbonyl (C=O) groups is 1. The van der Waals surface area contributed by atoms with Gasteiger partial charge in [-0.2, -0.15) is 0 Å². The van der Waals surface area contributed by atoms with Crippen molar-refractivity contribution in [3.8, 4) is 0 Å². The molecular weight excluding hydrogens is 284 g/mol. The molecule has 0 bridgehead atoms. The maximum Gasteiger partial charge on any atom is 0.303 e. The Morgan fingerprint density at radius 2 is 2.29 bits per heavy atom. The largest absolute Gasteiger partial charge is 0.457 e. The molecule has 0 spiro atoms. The van der Waals surface area contributed by atoms with Crippen molar-refractivity contribution in [2.45, 2.75) is 26.0 Å². The second-order valence-electron chi connectivity index (χ2n) is 4.68. The van der Waals surface area contributed by atoms with Crippen molar-refractivity contribution < 1.29 is 9.53 Å². The van der Waals surface area contributed by atoms with Gasteiger partial charge in [-0.15, -0.1) is 0 Å². The minimum atomic E-state index is -0.311. The third-order valence-corrected chi connectivity index (χ3v) is 3.17. The first-order valence-corrected chi connectivity index (χ1v) is 6.28. The molecule has 2 rings (SSSR count). The Hall–Kier alpha value is -0.940. The molecule has 1 aliphatic rings. The van der Waals surface area contributed by atoms with Gasteiger partial charge in [-0.3, -0.25) is 9.69 Å². The lowest BCUT2D eigenvalue weighted by molar-refractivity contribution is -0.174. The molecule has 0 unspecified atom stereocenters. The maximum absolute atomic E-state index is 10.9. The Morgan fingerprint density at radius 3 is 2.82 bits per heavy atom. The van der Waals surface area contributed by atoms with Crippen LogP contribution in [-0.4, -0.2) is 34.5 Å². The van der Waals surface area contributed by atoms with E-state index in [1.165, 1.54) is 6.92 Å². The summed E-state index contributed by atoms with van der Waals surface area (Å²) in [5, 5.41) is 0. The van der Waals surface area contributed by atoms with Gasteiger partial charge in [0.1, 0.15) is 10.2 Å². The Kier molecular flexibility index (Phi) is 3.49. The Morgan fingerprint density at radius 1 is 1.59 bits per heavy atom. The average Bonchev–Trinajstić information content (AvgIpc) is 2.18. The fraction of sp³-hybridized carbons (Fsp3) is 0.500. The van der Waals surface area contributed by atoms with Gasteiger partial charge >= 0.3 is 5.97 Å². The molecule has 1 fully saturated rings. The highest BCUT2D eigenvalue weighted by atomic mass is 79.9. The first-order chi connectivity index (χ1) is 7.97. The molecule has 0 aromatic carbocycles. The molecule has 2 heterocycles. The molecular formula is C12H15BrN2O2. The van der Waals surface area contributed by atoms with Crippen LogP contribution in [0.2, 0.25) is 0 Å². The molecule has 0 saturated carbocycles. The summed E-state index contributed by atoms with van der Waals surface area (Å²) in [5.41, 5.74) is 0.854. The number of pyridine rings is 1. The summed E-state index contributed by atoms with van der Waals surface area (Å²) >= 11 is 3.31. The van der Waals surface area contributed by atoms with E-state index in [9.17, 15) is 4.79 Å². The maximum atomic E-state index is 10.9. The number of carbonyl (C=O) groups excluding carboxylic acids is 1. The first-order valence-electron chi connectivity index (χ1n) is 5.49. The lowest BCUT2D eigenvalue weighted by atomic mass is 9.96. The quantitative estimate of drug-likeness (QED) is 0.632. The second-order valence-corrected chi connectivity index (χ2v) is 5.49. The normalized spacial score (nSPS) is 18.5. The molecule has 92 valence electrons. The number of ether oxygens (including phenoxy) is 1. The van der Waals surface area contributed by atoms with Gasteiger partial charge in [0.15, 0.2) is 0 Å². The summed E-state index contributed by atoms with van der Waals surface area (Å²) in [6.45, 7) is 5.82. The predicted octanol–water partition coefficient (Wildman–Crippen LogP) is 1.98. The van der Waals surface area contributed by atoms with Gasteiger partial charge in [0.2, 0.25) is 0 Å². The summed E-state index contributed by atoms with van der Waals surface area (Å²) in [6, 6.07) is 3.97. The molecule has 17 heavy (non-hydrogen) atoms. The molecule has 1 aromatic heterocycles. The molecule has 0 radical (unpaired) electrons. The minimum absolute atomic E-state index is 0.211. The standard InChI is InChI=1S/C12H15BrN2O2/c1-9(16)17-12(2)7-15(8-12)6-10-3-4-11(13)14-5-10/h3-5H,6-8H2,1-2H3. The molecule has 0 N–H and O–H groups in total. The van der Waals surface area contributed by atoms with Crippen molar-refractivity contribution in [1.29, 1.82) is 0 Å². The van der Waals surface area contributed by atoms with Crippen LogP contribution in [0.25, 0.3) is 0 Å². The van der Waals surface area contributed by atoms with E-state index in [2.05, 4.69) is 25.8 Å². The van der Waals surface area contributed by atoms with Gasteiger partial charge in [0, 0.05) is 32.8 Å². The molecule has 0 atom stereocenters. The van der Waals surface area contributed by atoms with E-state index in [1.807, 2.05) is 25.3 Å². The van der Waals surface area contributed by atoms with E-state index in [4.69, 9.17) is 4.74 Å². The fourth-order valence-electron chi connectivity index (χ4n) is 2.18. The average molecular weight is 299 g/mol. The number of halogens is 1. The summed E-state index contributed by atoms with van der Waals surface area (Å²) in [4.78, 5) is 17.3. The topological polar surface area (TPSA) is 42.4 Å². The first kappa shape index (κ1) is 12.5. The highest BCUT2D eigenvalue weighted by Gasteiger charge is 2.41. The van der Waals surface area contributed by atoms with Crippen LogP contribution in [-0.2, 0) is 16.1 Å². The van der Waals surface area contributed by atoms with E-state index in [0.717, 1.165) is 29.8 Å². The molecule has 1 saturated heterocycles. The molecule has 1 aliphatic heterocycles. The van der Waals surface area contributed by atoms with Crippen LogP contribution in [0.4, 0.5) is 0 Å². The van der Waals surface area contributed by atoms with Gasteiger partial charge in [0.25, 0.3) is 0 Å². The zero-order valence-corrected chi connectivity index (χ0v) is 11.5. The molecule has 4 nitrogen and oxygen atoms in total. The van der Waals surface area contributed by atoms with E-state index in [-0.39, 0.29) is 11.6 Å². The van der Waals surface area contributed by atoms with Crippen LogP contribution in [0.1, 0.15) is 19.4 Å². The summed E-state index contributed by atoms with van der Waals surface area (Å²) in [6.07, 6.45) is 1.85. The van der Waals surface area contributed by atoms with Gasteiger partial charge in [0.05, 0.1) is 0 Å². The number of likely N-dealkylation sites (tertiary alicyclic amines) is 1. The van der Waals surface area contributed by atoms with E-state index >= 15 is 0 Å². The number of hydrogen-bond acceptors (Lipinski definition) is 4. The van der Waals surface area contributed by atoms with Gasteiger partial charge < -0.3 is 4.74 Å². The van der Waals surface area contributed by atoms with Crippen molar-refractivity contribution in [1.82, 2.24) is 9.88 Å². The van der Waals surface area contributed by atoms with Crippen molar-refractivity contribution in [3.05, 3.63) is 28.5 Å². The van der Waals surface area contributed by atoms with E-state index in [0.29, 0.717) is 0 Å². The number of nitrogens with zero attached hydrogens (tertiary/aromatic N) is 2. The lowest BCUT2D eigenvalue weighted by Gasteiger charge is -2.46. The third kappa shape index (κ3) is 3.26. The summed E-state index contributed by atoms with van der Waals surface area (Å²) < 4.78 is 6.10. The highest BCUT2D eigenvalue weighted by molar-refractivity contribution is 9.10. The molecule has 5 heteroatoms. The Labute approximate surface area is 109 Å². The van der Waals surface area contributed by atoms with Gasteiger partial charge in [-0.1, -0.05) is 6.07 Å². The fourth-order valence-corrected chi connectivity index (χ4v) is 2.42. The van der Waals surface area contributed by atoms with Crippen molar-refractivity contribution >= 4 is 21.9 Å². The summed E-state index contributed by atoms with van der Waals surface area (Å²) in [7, 11) is 0. The van der Waals surface area contributed by atoms with Crippen LogP contribution >= 0.6 is 15.9 Å². The van der Waals surface area contributed by atoms with Gasteiger partial charge in [-0.25, -0.2) is 4.98 Å². The Bertz CT molecular complexity index is 413. The second kappa shape index (κ2) is 4.74. The number of rotatable bonds is 3. The monoisotopic (exact) mass is 298 g/mol. The minimum Gasteiger partial charge on any atom is -0.457 e.